The number of hydrogen-bond donors (Lipinski definition) is 1. The highest BCUT2D eigenvalue weighted by atomic mass is 32.1. The van der Waals surface area contributed by atoms with Gasteiger partial charge in [0.05, 0.1) is 4.88 Å². The van der Waals surface area contributed by atoms with E-state index in [1.165, 1.54) is 18.2 Å². The highest BCUT2D eigenvalue weighted by molar-refractivity contribution is 7.20. The molecule has 0 unspecified atom stereocenters. The zero-order valence-corrected chi connectivity index (χ0v) is 13.1. The number of carbonyl (C=O) groups excluding carboxylic acids is 1. The van der Waals surface area contributed by atoms with Crippen LogP contribution in [0, 0.1) is 5.82 Å². The molecular weight excluding hydrogens is 362 g/mol. The summed E-state index contributed by atoms with van der Waals surface area (Å²) in [5.41, 5.74) is -1.14. The van der Waals surface area contributed by atoms with Gasteiger partial charge in [0.25, 0.3) is 5.91 Å². The Morgan fingerprint density at radius 1 is 1.28 bits per heavy atom. The average molecular weight is 371 g/mol. The van der Waals surface area contributed by atoms with Gasteiger partial charge >= 0.3 is 11.9 Å². The van der Waals surface area contributed by atoms with Crippen molar-refractivity contribution in [3.8, 4) is 0 Å². The van der Waals surface area contributed by atoms with Gasteiger partial charge in [0, 0.05) is 16.3 Å². The Bertz CT molecular complexity index is 1010. The molecule has 0 spiro atoms. The maximum atomic E-state index is 13.6. The molecule has 130 valence electrons. The molecule has 0 bridgehead atoms. The standard InChI is InChI=1S/C15H9F4N3O2S/c16-9-2-1-3-10-8(9)6-11(25-10)13(23)20-12-4-5-22(14(24)21-12)7-15(17,18)19/h1-6H,7H2,(H,20,21,23,24). The van der Waals surface area contributed by atoms with Crippen molar-refractivity contribution in [3.63, 3.8) is 0 Å². The molecule has 0 aliphatic heterocycles. The predicted molar refractivity (Wildman–Crippen MR) is 84.3 cm³/mol. The number of hydrogen-bond acceptors (Lipinski definition) is 4. The Kier molecular flexibility index (Phi) is 4.29. The predicted octanol–water partition coefficient (Wildman–Crippen LogP) is 3.41. The van der Waals surface area contributed by atoms with Gasteiger partial charge in [-0.2, -0.15) is 18.2 Å². The van der Waals surface area contributed by atoms with Crippen LogP contribution in [0.3, 0.4) is 0 Å². The molecule has 1 amide bonds. The lowest BCUT2D eigenvalue weighted by molar-refractivity contribution is -0.141. The number of aromatic nitrogens is 2. The van der Waals surface area contributed by atoms with E-state index >= 15 is 0 Å². The van der Waals surface area contributed by atoms with Crippen molar-refractivity contribution in [2.45, 2.75) is 12.7 Å². The third kappa shape index (κ3) is 3.85. The van der Waals surface area contributed by atoms with E-state index in [0.717, 1.165) is 23.6 Å². The topological polar surface area (TPSA) is 64.0 Å². The Morgan fingerprint density at radius 3 is 2.68 bits per heavy atom. The molecule has 0 radical (unpaired) electrons. The highest BCUT2D eigenvalue weighted by Crippen LogP contribution is 2.28. The highest BCUT2D eigenvalue weighted by Gasteiger charge is 2.28. The molecule has 0 fully saturated rings. The molecule has 10 heteroatoms. The molecule has 3 aromatic rings. The third-order valence-electron chi connectivity index (χ3n) is 3.20. The van der Waals surface area contributed by atoms with Gasteiger partial charge in [0.2, 0.25) is 0 Å². The summed E-state index contributed by atoms with van der Waals surface area (Å²) in [5, 5.41) is 2.60. The maximum absolute atomic E-state index is 13.6. The second-order valence-corrected chi connectivity index (χ2v) is 6.14. The van der Waals surface area contributed by atoms with E-state index in [2.05, 4.69) is 10.3 Å². The molecule has 0 saturated carbocycles. The lowest BCUT2D eigenvalue weighted by Crippen LogP contribution is -2.30. The normalized spacial score (nSPS) is 11.7. The Labute approximate surface area is 141 Å². The first-order valence-corrected chi connectivity index (χ1v) is 7.68. The van der Waals surface area contributed by atoms with Crippen LogP contribution < -0.4 is 11.0 Å². The number of thiophene rings is 1. The van der Waals surface area contributed by atoms with Crippen LogP contribution in [0.2, 0.25) is 0 Å². The molecule has 0 aliphatic carbocycles. The van der Waals surface area contributed by atoms with Gasteiger partial charge in [-0.1, -0.05) is 6.07 Å². The smallest absolute Gasteiger partial charge is 0.306 e. The largest absolute Gasteiger partial charge is 0.406 e. The van der Waals surface area contributed by atoms with Crippen LogP contribution in [-0.2, 0) is 6.54 Å². The number of nitrogens with one attached hydrogen (secondary N) is 1. The summed E-state index contributed by atoms with van der Waals surface area (Å²) in [6, 6.07) is 6.86. The number of anilines is 1. The quantitative estimate of drug-likeness (QED) is 0.718. The second kappa shape index (κ2) is 6.28. The van der Waals surface area contributed by atoms with Gasteiger partial charge in [-0.3, -0.25) is 9.36 Å². The van der Waals surface area contributed by atoms with Gasteiger partial charge in [-0.15, -0.1) is 11.3 Å². The molecule has 25 heavy (non-hydrogen) atoms. The summed E-state index contributed by atoms with van der Waals surface area (Å²) in [4.78, 5) is 27.3. The number of amides is 1. The Morgan fingerprint density at radius 2 is 2.04 bits per heavy atom. The second-order valence-electron chi connectivity index (χ2n) is 5.05. The van der Waals surface area contributed by atoms with Crippen molar-refractivity contribution < 1.29 is 22.4 Å². The van der Waals surface area contributed by atoms with Crippen LogP contribution in [0.25, 0.3) is 10.1 Å². The Hall–Kier alpha value is -2.75. The SMILES string of the molecule is O=C(Nc1ccn(CC(F)(F)F)c(=O)n1)c1cc2c(F)cccc2s1. The number of carbonyl (C=O) groups is 1. The molecule has 3 rings (SSSR count). The van der Waals surface area contributed by atoms with Crippen molar-refractivity contribution in [1.82, 2.24) is 9.55 Å². The first-order chi connectivity index (χ1) is 11.7. The summed E-state index contributed by atoms with van der Waals surface area (Å²) < 4.78 is 51.5. The number of halogens is 4. The number of nitrogens with zero attached hydrogens (tertiary/aromatic N) is 2. The van der Waals surface area contributed by atoms with Crippen molar-refractivity contribution in [1.29, 1.82) is 0 Å². The van der Waals surface area contributed by atoms with E-state index in [-0.39, 0.29) is 16.1 Å². The number of benzene rings is 1. The van der Waals surface area contributed by atoms with Gasteiger partial charge in [-0.25, -0.2) is 9.18 Å². The van der Waals surface area contributed by atoms with E-state index in [4.69, 9.17) is 0 Å². The molecular formula is C15H9F4N3O2S. The molecule has 0 atom stereocenters. The van der Waals surface area contributed by atoms with Crippen molar-refractivity contribution in [3.05, 3.63) is 57.7 Å². The van der Waals surface area contributed by atoms with Crippen LogP contribution >= 0.6 is 11.3 Å². The van der Waals surface area contributed by atoms with Gasteiger partial charge < -0.3 is 5.32 Å². The van der Waals surface area contributed by atoms with E-state index in [1.54, 1.807) is 6.07 Å². The summed E-state index contributed by atoms with van der Waals surface area (Å²) in [7, 11) is 0. The van der Waals surface area contributed by atoms with Crippen LogP contribution in [0.5, 0.6) is 0 Å². The fourth-order valence-corrected chi connectivity index (χ4v) is 3.10. The van der Waals surface area contributed by atoms with Crippen LogP contribution in [0.1, 0.15) is 9.67 Å². The molecule has 1 aromatic carbocycles. The first-order valence-electron chi connectivity index (χ1n) is 6.86. The summed E-state index contributed by atoms with van der Waals surface area (Å²) in [6.45, 7) is -1.47. The van der Waals surface area contributed by atoms with Crippen molar-refractivity contribution in [2.75, 3.05) is 5.32 Å². The zero-order chi connectivity index (χ0) is 18.2. The van der Waals surface area contributed by atoms with Crippen LogP contribution in [0.15, 0.2) is 41.3 Å². The summed E-state index contributed by atoms with van der Waals surface area (Å²) in [6.07, 6.45) is -3.67. The average Bonchev–Trinajstić information content (AvgIpc) is 2.95. The summed E-state index contributed by atoms with van der Waals surface area (Å²) in [5.74, 6) is -1.30. The molecule has 2 aromatic heterocycles. The van der Waals surface area contributed by atoms with Gasteiger partial charge in [0.15, 0.2) is 0 Å². The van der Waals surface area contributed by atoms with Crippen LogP contribution in [0.4, 0.5) is 23.4 Å². The number of rotatable bonds is 3. The summed E-state index contributed by atoms with van der Waals surface area (Å²) >= 11 is 1.04. The molecule has 1 N–H and O–H groups in total. The molecule has 0 aliphatic rings. The lowest BCUT2D eigenvalue weighted by atomic mass is 10.2. The minimum atomic E-state index is -4.56. The minimum absolute atomic E-state index is 0.182. The van der Waals surface area contributed by atoms with Crippen LogP contribution in [-0.4, -0.2) is 21.6 Å². The first kappa shape index (κ1) is 17.1. The fraction of sp³-hybridized carbons (Fsp3) is 0.133. The van der Waals surface area contributed by atoms with Gasteiger partial charge in [-0.05, 0) is 24.3 Å². The molecule has 5 nitrogen and oxygen atoms in total. The monoisotopic (exact) mass is 371 g/mol. The van der Waals surface area contributed by atoms with Gasteiger partial charge in [0.1, 0.15) is 18.2 Å². The molecule has 0 saturated heterocycles. The maximum Gasteiger partial charge on any atom is 0.406 e. The van der Waals surface area contributed by atoms with E-state index in [0.29, 0.717) is 9.27 Å². The van der Waals surface area contributed by atoms with E-state index in [9.17, 15) is 27.2 Å². The Balaban J connectivity index is 1.81. The minimum Gasteiger partial charge on any atom is -0.306 e. The third-order valence-corrected chi connectivity index (χ3v) is 4.30. The van der Waals surface area contributed by atoms with Crippen molar-refractivity contribution in [2.24, 2.45) is 0 Å². The van der Waals surface area contributed by atoms with E-state index in [1.807, 2.05) is 0 Å². The molecule has 2 heterocycles. The number of fused-ring (bicyclic) bond motifs is 1. The van der Waals surface area contributed by atoms with E-state index < -0.39 is 30.1 Å². The fourth-order valence-electron chi connectivity index (χ4n) is 2.13. The lowest BCUT2D eigenvalue weighted by Gasteiger charge is -2.09. The number of alkyl halides is 3. The van der Waals surface area contributed by atoms with Crippen molar-refractivity contribution >= 4 is 33.1 Å². The zero-order valence-electron chi connectivity index (χ0n) is 12.3.